The van der Waals surface area contributed by atoms with Gasteiger partial charge in [-0.15, -0.1) is 0 Å². The molecule has 0 aliphatic carbocycles. The normalized spacial score (nSPS) is 11.3. The number of amides is 1. The lowest BCUT2D eigenvalue weighted by molar-refractivity contribution is 0.0951. The van der Waals surface area contributed by atoms with E-state index >= 15 is 0 Å². The highest BCUT2D eigenvalue weighted by atomic mass is 32.2. The molecular weight excluding hydrogens is 360 g/mol. The highest BCUT2D eigenvalue weighted by molar-refractivity contribution is 7.92. The Balaban J connectivity index is 1.78. The van der Waals surface area contributed by atoms with Gasteiger partial charge in [0, 0.05) is 19.2 Å². The van der Waals surface area contributed by atoms with Gasteiger partial charge in [-0.25, -0.2) is 8.42 Å². The van der Waals surface area contributed by atoms with E-state index in [0.717, 1.165) is 16.3 Å². The average molecular weight is 382 g/mol. The molecule has 0 saturated heterocycles. The first kappa shape index (κ1) is 18.9. The second kappa shape index (κ2) is 7.80. The van der Waals surface area contributed by atoms with Gasteiger partial charge in [0.05, 0.1) is 11.4 Å². The van der Waals surface area contributed by atoms with E-state index in [1.165, 1.54) is 11.4 Å². The second-order valence-electron chi connectivity index (χ2n) is 6.24. The molecule has 140 valence electrons. The third kappa shape index (κ3) is 4.11. The Morgan fingerprint density at radius 2 is 1.70 bits per heavy atom. The summed E-state index contributed by atoms with van der Waals surface area (Å²) in [5.41, 5.74) is 1.92. The number of hydrogen-bond donors (Lipinski definition) is 1. The quantitative estimate of drug-likeness (QED) is 0.709. The number of carbonyl (C=O) groups is 1. The number of nitrogens with one attached hydrogen (secondary N) is 1. The highest BCUT2D eigenvalue weighted by Crippen LogP contribution is 2.20. The third-order valence-corrected chi connectivity index (χ3v) is 6.35. The number of fused-ring (bicyclic) bond motifs is 1. The predicted octanol–water partition coefficient (Wildman–Crippen LogP) is 3.56. The maximum Gasteiger partial charge on any atom is 0.251 e. The van der Waals surface area contributed by atoms with Gasteiger partial charge in [-0.1, -0.05) is 48.5 Å². The molecule has 27 heavy (non-hydrogen) atoms. The van der Waals surface area contributed by atoms with Gasteiger partial charge in [0.2, 0.25) is 10.0 Å². The van der Waals surface area contributed by atoms with Gasteiger partial charge in [-0.05, 0) is 41.5 Å². The summed E-state index contributed by atoms with van der Waals surface area (Å²) < 4.78 is 25.3. The lowest BCUT2D eigenvalue weighted by Crippen LogP contribution is -2.28. The van der Waals surface area contributed by atoms with E-state index in [-0.39, 0.29) is 11.7 Å². The van der Waals surface area contributed by atoms with Crippen molar-refractivity contribution in [1.29, 1.82) is 0 Å². The van der Waals surface area contributed by atoms with Crippen LogP contribution in [-0.2, 0) is 16.6 Å². The molecule has 6 heteroatoms. The van der Waals surface area contributed by atoms with Crippen LogP contribution in [0.25, 0.3) is 10.8 Å². The van der Waals surface area contributed by atoms with E-state index in [1.54, 1.807) is 31.2 Å². The van der Waals surface area contributed by atoms with Gasteiger partial charge in [-0.3, -0.25) is 9.10 Å². The fraction of sp³-hybridized carbons (Fsp3) is 0.190. The molecule has 1 N–H and O–H groups in total. The van der Waals surface area contributed by atoms with Gasteiger partial charge in [0.1, 0.15) is 0 Å². The van der Waals surface area contributed by atoms with Gasteiger partial charge in [0.15, 0.2) is 0 Å². The summed E-state index contributed by atoms with van der Waals surface area (Å²) in [6, 6.07) is 20.6. The topological polar surface area (TPSA) is 66.5 Å². The molecule has 0 unspecified atom stereocenters. The van der Waals surface area contributed by atoms with Crippen LogP contribution in [0.15, 0.2) is 66.7 Å². The van der Waals surface area contributed by atoms with Crippen molar-refractivity contribution in [2.75, 3.05) is 17.1 Å². The lowest BCUT2D eigenvalue weighted by atomic mass is 10.0. The molecule has 0 radical (unpaired) electrons. The van der Waals surface area contributed by atoms with Crippen LogP contribution in [0, 0.1) is 0 Å². The number of anilines is 1. The van der Waals surface area contributed by atoms with E-state index in [2.05, 4.69) is 5.32 Å². The van der Waals surface area contributed by atoms with Crippen LogP contribution in [0.3, 0.4) is 0 Å². The van der Waals surface area contributed by atoms with Gasteiger partial charge in [-0.2, -0.15) is 0 Å². The molecule has 0 spiro atoms. The van der Waals surface area contributed by atoms with Crippen molar-refractivity contribution in [3.8, 4) is 0 Å². The third-order valence-electron chi connectivity index (χ3n) is 4.57. The molecule has 0 heterocycles. The molecule has 3 aromatic carbocycles. The minimum Gasteiger partial charge on any atom is -0.348 e. The molecule has 1 amide bonds. The molecule has 0 aliphatic rings. The Labute approximate surface area is 159 Å². The van der Waals surface area contributed by atoms with Crippen LogP contribution >= 0.6 is 0 Å². The fourth-order valence-corrected chi connectivity index (χ4v) is 3.74. The van der Waals surface area contributed by atoms with Crippen molar-refractivity contribution in [3.63, 3.8) is 0 Å². The number of carbonyl (C=O) groups excluding carboxylic acids is 1. The van der Waals surface area contributed by atoms with Crippen LogP contribution in [0.4, 0.5) is 5.69 Å². The first-order valence-corrected chi connectivity index (χ1v) is 10.3. The van der Waals surface area contributed by atoms with Gasteiger partial charge < -0.3 is 5.32 Å². The summed E-state index contributed by atoms with van der Waals surface area (Å²) in [4.78, 5) is 12.6. The van der Waals surface area contributed by atoms with Crippen molar-refractivity contribution < 1.29 is 13.2 Å². The zero-order valence-electron chi connectivity index (χ0n) is 15.3. The Hall–Kier alpha value is -2.86. The zero-order valence-corrected chi connectivity index (χ0v) is 16.2. The summed E-state index contributed by atoms with van der Waals surface area (Å²) in [7, 11) is -1.88. The Kier molecular flexibility index (Phi) is 5.46. The van der Waals surface area contributed by atoms with Crippen molar-refractivity contribution in [2.45, 2.75) is 13.5 Å². The highest BCUT2D eigenvalue weighted by Gasteiger charge is 2.17. The van der Waals surface area contributed by atoms with Crippen molar-refractivity contribution in [1.82, 2.24) is 5.32 Å². The molecule has 3 rings (SSSR count). The Bertz CT molecular complexity index is 1070. The van der Waals surface area contributed by atoms with Gasteiger partial charge >= 0.3 is 0 Å². The molecule has 0 atom stereocenters. The Morgan fingerprint density at radius 1 is 1.00 bits per heavy atom. The monoisotopic (exact) mass is 382 g/mol. The number of sulfonamides is 1. The van der Waals surface area contributed by atoms with Crippen molar-refractivity contribution in [2.24, 2.45) is 0 Å². The smallest absolute Gasteiger partial charge is 0.251 e. The molecule has 0 fully saturated rings. The number of rotatable bonds is 6. The first-order chi connectivity index (χ1) is 12.9. The van der Waals surface area contributed by atoms with E-state index in [4.69, 9.17) is 0 Å². The van der Waals surface area contributed by atoms with Crippen LogP contribution < -0.4 is 9.62 Å². The number of hydrogen-bond acceptors (Lipinski definition) is 3. The van der Waals surface area contributed by atoms with E-state index in [9.17, 15) is 13.2 Å². The molecule has 0 aliphatic heterocycles. The second-order valence-corrected chi connectivity index (χ2v) is 8.53. The van der Waals surface area contributed by atoms with Gasteiger partial charge in [0.25, 0.3) is 5.91 Å². The molecule has 0 saturated carbocycles. The van der Waals surface area contributed by atoms with E-state index < -0.39 is 10.0 Å². The van der Waals surface area contributed by atoms with Crippen LogP contribution in [-0.4, -0.2) is 27.1 Å². The maximum atomic E-state index is 12.6. The minimum atomic E-state index is -3.37. The Morgan fingerprint density at radius 3 is 2.48 bits per heavy atom. The molecule has 3 aromatic rings. The average Bonchev–Trinajstić information content (AvgIpc) is 2.71. The van der Waals surface area contributed by atoms with Crippen LogP contribution in [0.5, 0.6) is 0 Å². The zero-order chi connectivity index (χ0) is 19.4. The predicted molar refractivity (Wildman–Crippen MR) is 109 cm³/mol. The summed E-state index contributed by atoms with van der Waals surface area (Å²) in [5.74, 6) is -0.242. The lowest BCUT2D eigenvalue weighted by Gasteiger charge is -2.19. The summed E-state index contributed by atoms with van der Waals surface area (Å²) in [6.45, 7) is 1.99. The fourth-order valence-electron chi connectivity index (χ4n) is 2.92. The van der Waals surface area contributed by atoms with Crippen LogP contribution in [0.2, 0.25) is 0 Å². The SMILES string of the molecule is CCS(=O)(=O)N(C)c1cccc(C(=O)NCc2cccc3ccccc23)c1. The molecule has 0 bridgehead atoms. The molecular formula is C21H22N2O3S. The molecule has 5 nitrogen and oxygen atoms in total. The van der Waals surface area contributed by atoms with E-state index in [1.807, 2.05) is 42.5 Å². The van der Waals surface area contributed by atoms with Crippen molar-refractivity contribution >= 4 is 32.4 Å². The van der Waals surface area contributed by atoms with Crippen molar-refractivity contribution in [3.05, 3.63) is 77.9 Å². The molecule has 0 aromatic heterocycles. The summed E-state index contributed by atoms with van der Waals surface area (Å²) in [6.07, 6.45) is 0. The summed E-state index contributed by atoms with van der Waals surface area (Å²) >= 11 is 0. The number of benzene rings is 3. The van der Waals surface area contributed by atoms with E-state index in [0.29, 0.717) is 17.8 Å². The minimum absolute atomic E-state index is 0.000998. The van der Waals surface area contributed by atoms with Crippen LogP contribution in [0.1, 0.15) is 22.8 Å². The summed E-state index contributed by atoms with van der Waals surface area (Å²) in [5, 5.41) is 5.14. The number of nitrogens with zero attached hydrogens (tertiary/aromatic N) is 1. The standard InChI is InChI=1S/C21H22N2O3S/c1-3-27(25,26)23(2)19-12-7-10-17(14-19)21(24)22-15-18-11-6-9-16-8-4-5-13-20(16)18/h4-14H,3,15H2,1-2H3,(H,22,24). The largest absolute Gasteiger partial charge is 0.348 e. The maximum absolute atomic E-state index is 12.6. The first-order valence-electron chi connectivity index (χ1n) is 8.74.